The quantitative estimate of drug-likeness (QED) is 0.285. The molecule has 0 fully saturated rings. The maximum absolute atomic E-state index is 14.0. The first-order valence-corrected chi connectivity index (χ1v) is 11.4. The number of para-hydroxylation sites is 1. The van der Waals surface area contributed by atoms with Crippen molar-refractivity contribution >= 4 is 39.3 Å². The van der Waals surface area contributed by atoms with Crippen molar-refractivity contribution in [2.75, 3.05) is 5.32 Å². The van der Waals surface area contributed by atoms with E-state index in [4.69, 9.17) is 0 Å². The molecule has 1 amide bonds. The van der Waals surface area contributed by atoms with Crippen molar-refractivity contribution in [1.29, 1.82) is 0 Å². The third-order valence-electron chi connectivity index (χ3n) is 4.47. The summed E-state index contributed by atoms with van der Waals surface area (Å²) < 4.78 is 16.5. The Labute approximate surface area is 196 Å². The van der Waals surface area contributed by atoms with E-state index in [2.05, 4.69) is 41.5 Å². The molecule has 2 aromatic heterocycles. The van der Waals surface area contributed by atoms with E-state index in [0.717, 1.165) is 21.5 Å². The number of anilines is 1. The van der Waals surface area contributed by atoms with Gasteiger partial charge in [-0.25, -0.2) is 19.0 Å². The number of carbonyl (C=O) groups is 1. The Kier molecular flexibility index (Phi) is 6.61. The lowest BCUT2D eigenvalue weighted by molar-refractivity contribution is 0.102. The van der Waals surface area contributed by atoms with E-state index in [1.54, 1.807) is 16.8 Å². The second-order valence-corrected chi connectivity index (χ2v) is 8.79. The highest BCUT2D eigenvalue weighted by Gasteiger charge is 2.22. The van der Waals surface area contributed by atoms with E-state index in [0.29, 0.717) is 16.6 Å². The van der Waals surface area contributed by atoms with Crippen LogP contribution >= 0.6 is 27.7 Å². The number of aromatic nitrogens is 5. The van der Waals surface area contributed by atoms with Crippen LogP contribution in [0.3, 0.4) is 0 Å². The number of aryl methyl sites for hydroxylation is 2. The molecule has 0 aliphatic heterocycles. The summed E-state index contributed by atoms with van der Waals surface area (Å²) >= 11 is 4.79. The second kappa shape index (κ2) is 9.58. The molecule has 1 N–H and O–H groups in total. The fraction of sp³-hybridized carbons (Fsp3) is 0.136. The molecule has 4 aromatic rings. The van der Waals surface area contributed by atoms with Crippen molar-refractivity contribution in [2.24, 2.45) is 0 Å². The largest absolute Gasteiger partial charge is 0.318 e. The minimum atomic E-state index is -0.546. The van der Waals surface area contributed by atoms with Crippen LogP contribution in [0.25, 0.3) is 5.69 Å². The zero-order valence-corrected chi connectivity index (χ0v) is 19.6. The Hall–Kier alpha value is -3.11. The summed E-state index contributed by atoms with van der Waals surface area (Å²) in [5.74, 6) is -0.734. The van der Waals surface area contributed by atoms with Crippen LogP contribution in [0.4, 0.5) is 10.1 Å². The zero-order valence-electron chi connectivity index (χ0n) is 17.2. The van der Waals surface area contributed by atoms with E-state index in [1.807, 2.05) is 44.2 Å². The number of rotatable bonds is 6. The summed E-state index contributed by atoms with van der Waals surface area (Å²) in [4.78, 5) is 21.9. The molecule has 2 heterocycles. The number of benzene rings is 2. The van der Waals surface area contributed by atoms with Crippen LogP contribution in [0, 0.1) is 19.7 Å². The number of nitrogens with zero attached hydrogens (tertiary/aromatic N) is 5. The molecule has 0 spiro atoms. The maximum Gasteiger partial charge on any atom is 0.278 e. The average Bonchev–Trinajstić information content (AvgIpc) is 3.18. The number of thioether (sulfide) groups is 1. The number of halogens is 2. The van der Waals surface area contributed by atoms with Crippen molar-refractivity contribution in [1.82, 2.24) is 25.0 Å². The van der Waals surface area contributed by atoms with E-state index in [1.165, 1.54) is 23.9 Å². The van der Waals surface area contributed by atoms with Gasteiger partial charge >= 0.3 is 0 Å². The van der Waals surface area contributed by atoms with E-state index in [9.17, 15) is 9.18 Å². The number of carbonyl (C=O) groups excluding carboxylic acids is 1. The second-order valence-electron chi connectivity index (χ2n) is 6.93. The molecule has 0 unspecified atom stereocenters. The molecule has 7 nitrogen and oxygen atoms in total. The smallest absolute Gasteiger partial charge is 0.278 e. The Morgan fingerprint density at radius 1 is 1.09 bits per heavy atom. The molecular weight excluding hydrogens is 495 g/mol. The molecule has 0 saturated heterocycles. The van der Waals surface area contributed by atoms with E-state index >= 15 is 0 Å². The summed E-state index contributed by atoms with van der Waals surface area (Å²) in [7, 11) is 0. The molecule has 0 saturated carbocycles. The predicted molar refractivity (Wildman–Crippen MR) is 124 cm³/mol. The third-order valence-corrected chi connectivity index (χ3v) is 5.86. The molecule has 0 radical (unpaired) electrons. The Morgan fingerprint density at radius 3 is 2.47 bits per heavy atom. The van der Waals surface area contributed by atoms with Crippen LogP contribution in [0.15, 0.2) is 64.2 Å². The number of nitrogens with one attached hydrogen (secondary N) is 1. The van der Waals surface area contributed by atoms with E-state index in [-0.39, 0.29) is 11.4 Å². The highest BCUT2D eigenvalue weighted by molar-refractivity contribution is 9.10. The zero-order chi connectivity index (χ0) is 22.7. The summed E-state index contributed by atoms with van der Waals surface area (Å²) in [6.07, 6.45) is 0. The molecule has 2 aromatic carbocycles. The van der Waals surface area contributed by atoms with Crippen LogP contribution in [0.1, 0.15) is 27.6 Å². The van der Waals surface area contributed by atoms with Gasteiger partial charge < -0.3 is 5.32 Å². The van der Waals surface area contributed by atoms with Gasteiger partial charge in [0.15, 0.2) is 10.9 Å². The lowest BCUT2D eigenvalue weighted by Crippen LogP contribution is -2.16. The molecule has 32 heavy (non-hydrogen) atoms. The molecule has 0 aliphatic rings. The molecular formula is C22H18BrFN6OS. The molecule has 0 atom stereocenters. The lowest BCUT2D eigenvalue weighted by atomic mass is 10.2. The van der Waals surface area contributed by atoms with Gasteiger partial charge in [0, 0.05) is 21.6 Å². The minimum absolute atomic E-state index is 0.0759. The highest BCUT2D eigenvalue weighted by atomic mass is 79.9. The number of hydrogen-bond acceptors (Lipinski definition) is 6. The topological polar surface area (TPSA) is 85.6 Å². The van der Waals surface area contributed by atoms with Crippen LogP contribution in [0.2, 0.25) is 0 Å². The summed E-state index contributed by atoms with van der Waals surface area (Å²) in [5, 5.41) is 11.5. The van der Waals surface area contributed by atoms with Crippen LogP contribution in [0.5, 0.6) is 0 Å². The average molecular weight is 513 g/mol. The minimum Gasteiger partial charge on any atom is -0.318 e. The predicted octanol–water partition coefficient (Wildman–Crippen LogP) is 5.12. The van der Waals surface area contributed by atoms with Gasteiger partial charge in [0.25, 0.3) is 5.91 Å². The summed E-state index contributed by atoms with van der Waals surface area (Å²) in [5.41, 5.74) is 3.19. The van der Waals surface area contributed by atoms with Gasteiger partial charge in [-0.1, -0.05) is 45.0 Å². The fourth-order valence-electron chi connectivity index (χ4n) is 3.03. The highest BCUT2D eigenvalue weighted by Crippen LogP contribution is 2.25. The van der Waals surface area contributed by atoms with Crippen molar-refractivity contribution in [2.45, 2.75) is 24.8 Å². The maximum atomic E-state index is 14.0. The van der Waals surface area contributed by atoms with E-state index < -0.39 is 11.7 Å². The Morgan fingerprint density at radius 2 is 1.78 bits per heavy atom. The van der Waals surface area contributed by atoms with Gasteiger partial charge in [0.05, 0.1) is 17.1 Å². The fourth-order valence-corrected chi connectivity index (χ4v) is 4.24. The monoisotopic (exact) mass is 512 g/mol. The molecule has 0 bridgehead atoms. The van der Waals surface area contributed by atoms with Crippen molar-refractivity contribution < 1.29 is 9.18 Å². The molecule has 4 rings (SSSR count). The van der Waals surface area contributed by atoms with Crippen LogP contribution in [-0.2, 0) is 5.75 Å². The summed E-state index contributed by atoms with van der Waals surface area (Å²) in [6, 6.07) is 15.3. The van der Waals surface area contributed by atoms with Crippen molar-refractivity contribution in [3.05, 3.63) is 87.7 Å². The molecule has 10 heteroatoms. The van der Waals surface area contributed by atoms with Crippen molar-refractivity contribution in [3.8, 4) is 5.69 Å². The number of amides is 1. The van der Waals surface area contributed by atoms with Crippen LogP contribution in [-0.4, -0.2) is 30.9 Å². The molecule has 0 aliphatic carbocycles. The van der Waals surface area contributed by atoms with Crippen molar-refractivity contribution in [3.63, 3.8) is 0 Å². The Balaban J connectivity index is 1.68. The SMILES string of the molecule is Cc1cc(C)nc(SCc2c(C(=O)Nc3ccccc3F)nnn2-c2ccc(Br)cc2)n1. The van der Waals surface area contributed by atoms with Gasteiger partial charge in [0.1, 0.15) is 5.82 Å². The van der Waals surface area contributed by atoms with Gasteiger partial charge in [0.2, 0.25) is 0 Å². The van der Waals surface area contributed by atoms with Gasteiger partial charge in [-0.3, -0.25) is 4.79 Å². The number of hydrogen-bond donors (Lipinski definition) is 1. The first-order valence-electron chi connectivity index (χ1n) is 9.62. The first-order chi connectivity index (χ1) is 15.4. The third kappa shape index (κ3) is 5.03. The normalized spacial score (nSPS) is 10.9. The van der Waals surface area contributed by atoms with Gasteiger partial charge in [-0.15, -0.1) is 5.10 Å². The van der Waals surface area contributed by atoms with Gasteiger partial charge in [-0.05, 0) is 56.3 Å². The van der Waals surface area contributed by atoms with Crippen LogP contribution < -0.4 is 5.32 Å². The first kappa shape index (κ1) is 22.1. The molecule has 162 valence electrons. The van der Waals surface area contributed by atoms with Gasteiger partial charge in [-0.2, -0.15) is 0 Å². The summed E-state index contributed by atoms with van der Waals surface area (Å²) in [6.45, 7) is 3.80. The standard InChI is InChI=1S/C22H18BrFN6OS/c1-13-11-14(2)26-22(25-13)32-12-19-20(21(31)27-18-6-4-3-5-17(18)24)28-29-30(19)16-9-7-15(23)8-10-16/h3-11H,12H2,1-2H3,(H,27,31). The Bertz CT molecular complexity index is 1260. The lowest BCUT2D eigenvalue weighted by Gasteiger charge is -2.09.